The van der Waals surface area contributed by atoms with Crippen LogP contribution >= 0.6 is 0 Å². The number of hydrogen-bond acceptors (Lipinski definition) is 4. The minimum absolute atomic E-state index is 0.0442. The van der Waals surface area contributed by atoms with Crippen LogP contribution in [0.4, 0.5) is 0 Å². The molecule has 2 N–H and O–H groups in total. The summed E-state index contributed by atoms with van der Waals surface area (Å²) in [6.07, 6.45) is 2.00. The average Bonchev–Trinajstić information content (AvgIpc) is 2.27. The molecular formula is C10H20N2O2. The molecule has 0 amide bonds. The molecule has 4 nitrogen and oxygen atoms in total. The zero-order valence-corrected chi connectivity index (χ0v) is 9.03. The zero-order valence-electron chi connectivity index (χ0n) is 9.03. The van der Waals surface area contributed by atoms with Crippen molar-refractivity contribution in [2.24, 2.45) is 11.7 Å². The maximum absolute atomic E-state index is 11.3. The molecule has 82 valence electrons. The molecule has 0 aliphatic carbocycles. The van der Waals surface area contributed by atoms with Gasteiger partial charge in [-0.3, -0.25) is 9.69 Å². The normalized spacial score (nSPS) is 25.8. The Bertz CT molecular complexity index is 197. The van der Waals surface area contributed by atoms with E-state index in [-0.39, 0.29) is 11.9 Å². The summed E-state index contributed by atoms with van der Waals surface area (Å²) in [5.74, 6) is -0.0401. The Morgan fingerprint density at radius 3 is 3.00 bits per heavy atom. The van der Waals surface area contributed by atoms with Crippen molar-refractivity contribution < 1.29 is 9.53 Å². The van der Waals surface area contributed by atoms with Crippen molar-refractivity contribution in [1.82, 2.24) is 4.90 Å². The van der Waals surface area contributed by atoms with Gasteiger partial charge in [0.15, 0.2) is 0 Å². The number of ether oxygens (including phenoxy) is 1. The Morgan fingerprint density at radius 1 is 1.71 bits per heavy atom. The van der Waals surface area contributed by atoms with Gasteiger partial charge >= 0.3 is 5.97 Å². The Morgan fingerprint density at radius 2 is 2.43 bits per heavy atom. The number of esters is 1. The summed E-state index contributed by atoms with van der Waals surface area (Å²) in [6, 6.07) is 0.363. The number of nitrogens with two attached hydrogens (primary N) is 1. The highest BCUT2D eigenvalue weighted by atomic mass is 16.5. The molecule has 1 saturated heterocycles. The molecule has 0 radical (unpaired) electrons. The second-order valence-corrected chi connectivity index (χ2v) is 3.94. The summed E-state index contributed by atoms with van der Waals surface area (Å²) in [5, 5.41) is 0. The molecule has 2 atom stereocenters. The number of carbonyl (C=O) groups excluding carboxylic acids is 1. The standard InChI is InChI=1S/C10H20N2O2/c1-8(6-11)12-5-3-4-9(7-12)10(13)14-2/h8-9H,3-7,11H2,1-2H3. The molecule has 1 rings (SSSR count). The van der Waals surface area contributed by atoms with Gasteiger partial charge < -0.3 is 10.5 Å². The molecule has 1 heterocycles. The van der Waals surface area contributed by atoms with Crippen LogP contribution < -0.4 is 5.73 Å². The van der Waals surface area contributed by atoms with Crippen LogP contribution in [-0.2, 0) is 9.53 Å². The van der Waals surface area contributed by atoms with Crippen molar-refractivity contribution in [3.05, 3.63) is 0 Å². The first-order valence-corrected chi connectivity index (χ1v) is 5.21. The summed E-state index contributed by atoms with van der Waals surface area (Å²) in [5.41, 5.74) is 5.60. The van der Waals surface area contributed by atoms with E-state index in [1.807, 2.05) is 0 Å². The molecule has 0 saturated carbocycles. The summed E-state index contributed by atoms with van der Waals surface area (Å²) < 4.78 is 4.75. The topological polar surface area (TPSA) is 55.6 Å². The van der Waals surface area contributed by atoms with Crippen molar-refractivity contribution in [2.45, 2.75) is 25.8 Å². The molecule has 2 unspecified atom stereocenters. The van der Waals surface area contributed by atoms with Crippen LogP contribution in [0.2, 0.25) is 0 Å². The number of nitrogens with zero attached hydrogens (tertiary/aromatic N) is 1. The number of hydrogen-bond donors (Lipinski definition) is 1. The van der Waals surface area contributed by atoms with Gasteiger partial charge in [0.1, 0.15) is 0 Å². The zero-order chi connectivity index (χ0) is 10.6. The summed E-state index contributed by atoms with van der Waals surface area (Å²) in [4.78, 5) is 13.6. The van der Waals surface area contributed by atoms with Gasteiger partial charge in [0, 0.05) is 19.1 Å². The third-order valence-electron chi connectivity index (χ3n) is 2.95. The van der Waals surface area contributed by atoms with E-state index in [2.05, 4.69) is 11.8 Å². The lowest BCUT2D eigenvalue weighted by Crippen LogP contribution is -2.46. The Balaban J connectivity index is 2.47. The summed E-state index contributed by atoms with van der Waals surface area (Å²) in [6.45, 7) is 4.59. The molecule has 0 bridgehead atoms. The number of piperidine rings is 1. The lowest BCUT2D eigenvalue weighted by molar-refractivity contribution is -0.147. The third-order valence-corrected chi connectivity index (χ3v) is 2.95. The SMILES string of the molecule is COC(=O)C1CCCN(C(C)CN)C1. The molecular weight excluding hydrogens is 180 g/mol. The number of methoxy groups -OCH3 is 1. The van der Waals surface area contributed by atoms with Gasteiger partial charge in [0.05, 0.1) is 13.0 Å². The van der Waals surface area contributed by atoms with E-state index in [9.17, 15) is 4.79 Å². The van der Waals surface area contributed by atoms with Crippen LogP contribution in [0, 0.1) is 5.92 Å². The van der Waals surface area contributed by atoms with Crippen LogP contribution in [0.15, 0.2) is 0 Å². The maximum Gasteiger partial charge on any atom is 0.309 e. The van der Waals surface area contributed by atoms with Gasteiger partial charge in [-0.15, -0.1) is 0 Å². The largest absolute Gasteiger partial charge is 0.469 e. The van der Waals surface area contributed by atoms with Crippen LogP contribution in [0.25, 0.3) is 0 Å². The Labute approximate surface area is 85.4 Å². The third kappa shape index (κ3) is 2.69. The monoisotopic (exact) mass is 200 g/mol. The molecule has 1 aliphatic rings. The quantitative estimate of drug-likeness (QED) is 0.662. The van der Waals surface area contributed by atoms with Gasteiger partial charge in [0.2, 0.25) is 0 Å². The first-order valence-electron chi connectivity index (χ1n) is 5.21. The van der Waals surface area contributed by atoms with Gasteiger partial charge in [-0.05, 0) is 26.3 Å². The highest BCUT2D eigenvalue weighted by Crippen LogP contribution is 2.19. The number of carbonyl (C=O) groups is 1. The van der Waals surface area contributed by atoms with E-state index in [0.29, 0.717) is 12.6 Å². The van der Waals surface area contributed by atoms with Gasteiger partial charge in [0.25, 0.3) is 0 Å². The number of rotatable bonds is 3. The van der Waals surface area contributed by atoms with Crippen molar-refractivity contribution in [2.75, 3.05) is 26.7 Å². The predicted octanol–water partition coefficient (Wildman–Crippen LogP) is 0.219. The molecule has 0 spiro atoms. The Hall–Kier alpha value is -0.610. The second kappa shape index (κ2) is 5.32. The fourth-order valence-corrected chi connectivity index (χ4v) is 1.91. The lowest BCUT2D eigenvalue weighted by atomic mass is 9.97. The van der Waals surface area contributed by atoms with Crippen molar-refractivity contribution in [3.8, 4) is 0 Å². The van der Waals surface area contributed by atoms with Crippen LogP contribution in [0.3, 0.4) is 0 Å². The van der Waals surface area contributed by atoms with Gasteiger partial charge in [-0.2, -0.15) is 0 Å². The van der Waals surface area contributed by atoms with Gasteiger partial charge in [-0.25, -0.2) is 0 Å². The fourth-order valence-electron chi connectivity index (χ4n) is 1.91. The summed E-state index contributed by atoms with van der Waals surface area (Å²) >= 11 is 0. The van der Waals surface area contributed by atoms with Crippen LogP contribution in [-0.4, -0.2) is 43.7 Å². The molecule has 4 heteroatoms. The van der Waals surface area contributed by atoms with E-state index >= 15 is 0 Å². The summed E-state index contributed by atoms with van der Waals surface area (Å²) in [7, 11) is 1.45. The predicted molar refractivity (Wildman–Crippen MR) is 54.8 cm³/mol. The first-order chi connectivity index (χ1) is 6.69. The molecule has 14 heavy (non-hydrogen) atoms. The van der Waals surface area contributed by atoms with E-state index in [4.69, 9.17) is 10.5 Å². The van der Waals surface area contributed by atoms with Crippen LogP contribution in [0.5, 0.6) is 0 Å². The highest BCUT2D eigenvalue weighted by molar-refractivity contribution is 5.72. The molecule has 1 aliphatic heterocycles. The molecule has 0 aromatic carbocycles. The second-order valence-electron chi connectivity index (χ2n) is 3.94. The Kier molecular flexibility index (Phi) is 4.35. The van der Waals surface area contributed by atoms with Gasteiger partial charge in [-0.1, -0.05) is 0 Å². The van der Waals surface area contributed by atoms with E-state index < -0.39 is 0 Å². The molecule has 0 aromatic heterocycles. The molecule has 1 fully saturated rings. The maximum atomic E-state index is 11.3. The lowest BCUT2D eigenvalue weighted by Gasteiger charge is -2.35. The highest BCUT2D eigenvalue weighted by Gasteiger charge is 2.28. The van der Waals surface area contributed by atoms with E-state index in [1.165, 1.54) is 7.11 Å². The van der Waals surface area contributed by atoms with Crippen molar-refractivity contribution in [1.29, 1.82) is 0 Å². The van der Waals surface area contributed by atoms with Crippen molar-refractivity contribution >= 4 is 5.97 Å². The van der Waals surface area contributed by atoms with Crippen LogP contribution in [0.1, 0.15) is 19.8 Å². The van der Waals surface area contributed by atoms with E-state index in [1.54, 1.807) is 0 Å². The smallest absolute Gasteiger partial charge is 0.309 e. The average molecular weight is 200 g/mol. The minimum Gasteiger partial charge on any atom is -0.469 e. The van der Waals surface area contributed by atoms with E-state index in [0.717, 1.165) is 25.9 Å². The minimum atomic E-state index is -0.0843. The number of likely N-dealkylation sites (tertiary alicyclic amines) is 1. The molecule has 0 aromatic rings. The first kappa shape index (κ1) is 11.5. The fraction of sp³-hybridized carbons (Fsp3) is 0.900. The van der Waals surface area contributed by atoms with Crippen molar-refractivity contribution in [3.63, 3.8) is 0 Å².